The lowest BCUT2D eigenvalue weighted by Crippen LogP contribution is -2.55. The molecule has 2 heterocycles. The summed E-state index contributed by atoms with van der Waals surface area (Å²) in [6.45, 7) is 0. The van der Waals surface area contributed by atoms with Crippen LogP contribution in [0.2, 0.25) is 0 Å². The minimum absolute atomic E-state index is 0.127. The van der Waals surface area contributed by atoms with Crippen molar-refractivity contribution in [3.63, 3.8) is 0 Å². The third kappa shape index (κ3) is 3.83. The highest BCUT2D eigenvalue weighted by Gasteiger charge is 2.42. The molecule has 146 valence electrons. The number of hydrogen-bond donors (Lipinski definition) is 2. The van der Waals surface area contributed by atoms with Crippen molar-refractivity contribution in [3.05, 3.63) is 42.7 Å². The summed E-state index contributed by atoms with van der Waals surface area (Å²) in [6, 6.07) is 8.77. The lowest BCUT2D eigenvalue weighted by atomic mass is 9.78. The van der Waals surface area contributed by atoms with Crippen molar-refractivity contribution in [2.45, 2.75) is 44.6 Å². The second-order valence-corrected chi connectivity index (χ2v) is 7.60. The lowest BCUT2D eigenvalue weighted by Gasteiger charge is -2.35. The Bertz CT molecular complexity index is 836. The van der Waals surface area contributed by atoms with E-state index in [1.54, 1.807) is 23.0 Å². The number of nitrogens with one attached hydrogen (secondary N) is 2. The average molecular weight is 380 g/mol. The summed E-state index contributed by atoms with van der Waals surface area (Å²) in [7, 11) is 0. The topological polar surface area (TPSA) is 93.1 Å². The Hall–Kier alpha value is -2.96. The zero-order valence-electron chi connectivity index (χ0n) is 15.6. The van der Waals surface area contributed by atoms with Gasteiger partial charge in [0.15, 0.2) is 11.7 Å². The van der Waals surface area contributed by atoms with Gasteiger partial charge in [0.25, 0.3) is 0 Å². The largest absolute Gasteiger partial charge is 0.352 e. The van der Waals surface area contributed by atoms with Crippen LogP contribution in [-0.2, 0) is 14.4 Å². The number of piperidine rings is 1. The number of carbonyl (C=O) groups excluding carboxylic acids is 3. The van der Waals surface area contributed by atoms with Gasteiger partial charge in [-0.3, -0.25) is 14.4 Å². The van der Waals surface area contributed by atoms with Crippen LogP contribution in [0.3, 0.4) is 0 Å². The summed E-state index contributed by atoms with van der Waals surface area (Å²) < 4.78 is 1.70. The van der Waals surface area contributed by atoms with E-state index in [-0.39, 0.29) is 18.2 Å². The maximum Gasteiger partial charge on any atom is 0.244 e. The highest BCUT2D eigenvalue weighted by molar-refractivity contribution is 6.22. The maximum atomic E-state index is 12.6. The fraction of sp³-hybridized carbons (Fsp3) is 0.429. The predicted molar refractivity (Wildman–Crippen MR) is 104 cm³/mol. The highest BCUT2D eigenvalue weighted by Crippen LogP contribution is 2.30. The molecular weight excluding hydrogens is 356 g/mol. The number of rotatable bonds is 4. The summed E-state index contributed by atoms with van der Waals surface area (Å²) in [6.07, 6.45) is 9.33. The van der Waals surface area contributed by atoms with Gasteiger partial charge in [-0.05, 0) is 49.1 Å². The molecule has 1 aromatic heterocycles. The summed E-state index contributed by atoms with van der Waals surface area (Å²) in [5.74, 6) is -2.26. The number of ketones is 1. The number of aromatic nitrogens is 2. The van der Waals surface area contributed by atoms with Gasteiger partial charge >= 0.3 is 0 Å². The maximum absolute atomic E-state index is 12.6. The first-order chi connectivity index (χ1) is 13.6. The minimum Gasteiger partial charge on any atom is -0.352 e. The quantitative estimate of drug-likeness (QED) is 0.797. The van der Waals surface area contributed by atoms with Gasteiger partial charge in [0.2, 0.25) is 11.8 Å². The molecule has 2 aliphatic rings. The van der Waals surface area contributed by atoms with Crippen LogP contribution in [0.4, 0.5) is 5.69 Å². The van der Waals surface area contributed by atoms with E-state index in [4.69, 9.17) is 0 Å². The van der Waals surface area contributed by atoms with E-state index in [1.807, 2.05) is 24.4 Å². The number of amides is 2. The van der Waals surface area contributed by atoms with Crippen molar-refractivity contribution < 1.29 is 14.4 Å². The van der Waals surface area contributed by atoms with E-state index in [1.165, 1.54) is 6.42 Å². The molecule has 2 N–H and O–H groups in total. The molecule has 2 atom stereocenters. The zero-order valence-corrected chi connectivity index (χ0v) is 15.6. The smallest absolute Gasteiger partial charge is 0.244 e. The first-order valence-electron chi connectivity index (χ1n) is 9.86. The Kier molecular flexibility index (Phi) is 5.23. The zero-order chi connectivity index (χ0) is 19.5. The SMILES string of the molecule is O=C1CC(C2CCCCC2)NC(=O)C1C(=O)Nc1ccc(-n2cccn2)cc1. The molecule has 4 rings (SSSR count). The van der Waals surface area contributed by atoms with Crippen molar-refractivity contribution in [3.8, 4) is 5.69 Å². The van der Waals surface area contributed by atoms with Gasteiger partial charge in [0, 0.05) is 30.5 Å². The molecule has 1 aromatic carbocycles. The van der Waals surface area contributed by atoms with Crippen LogP contribution >= 0.6 is 0 Å². The van der Waals surface area contributed by atoms with Gasteiger partial charge in [0.05, 0.1) is 5.69 Å². The summed E-state index contributed by atoms with van der Waals surface area (Å²) in [5, 5.41) is 9.77. The molecule has 2 unspecified atom stereocenters. The summed E-state index contributed by atoms with van der Waals surface area (Å²) in [5.41, 5.74) is 1.39. The number of nitrogens with zero attached hydrogens (tertiary/aromatic N) is 2. The Morgan fingerprint density at radius 1 is 1.11 bits per heavy atom. The number of anilines is 1. The summed E-state index contributed by atoms with van der Waals surface area (Å²) >= 11 is 0. The van der Waals surface area contributed by atoms with E-state index in [2.05, 4.69) is 15.7 Å². The van der Waals surface area contributed by atoms with Crippen LogP contribution in [0.25, 0.3) is 5.69 Å². The third-order valence-electron chi connectivity index (χ3n) is 5.72. The molecule has 2 amide bonds. The van der Waals surface area contributed by atoms with Gasteiger partial charge in [-0.15, -0.1) is 0 Å². The van der Waals surface area contributed by atoms with Crippen LogP contribution in [-0.4, -0.2) is 33.4 Å². The molecule has 1 aliphatic heterocycles. The molecule has 7 heteroatoms. The Morgan fingerprint density at radius 3 is 2.50 bits per heavy atom. The van der Waals surface area contributed by atoms with E-state index in [0.29, 0.717) is 11.6 Å². The van der Waals surface area contributed by atoms with Gasteiger partial charge < -0.3 is 10.6 Å². The third-order valence-corrected chi connectivity index (χ3v) is 5.72. The second kappa shape index (κ2) is 7.96. The average Bonchev–Trinajstić information content (AvgIpc) is 3.23. The fourth-order valence-corrected chi connectivity index (χ4v) is 4.22. The molecular formula is C21H24N4O3. The molecule has 0 spiro atoms. The first kappa shape index (κ1) is 18.4. The number of Topliss-reactive ketones (excluding diaryl/α,β-unsaturated/α-hetero) is 1. The van der Waals surface area contributed by atoms with E-state index < -0.39 is 17.7 Å². The van der Waals surface area contributed by atoms with Gasteiger partial charge in [-0.2, -0.15) is 5.10 Å². The van der Waals surface area contributed by atoms with Crippen molar-refractivity contribution in [1.29, 1.82) is 0 Å². The van der Waals surface area contributed by atoms with Gasteiger partial charge in [-0.25, -0.2) is 4.68 Å². The number of benzene rings is 1. The van der Waals surface area contributed by atoms with Crippen molar-refractivity contribution in [2.75, 3.05) is 5.32 Å². The first-order valence-corrected chi connectivity index (χ1v) is 9.86. The van der Waals surface area contributed by atoms with Crippen LogP contribution in [0.1, 0.15) is 38.5 Å². The van der Waals surface area contributed by atoms with Crippen molar-refractivity contribution in [2.24, 2.45) is 11.8 Å². The van der Waals surface area contributed by atoms with Crippen molar-refractivity contribution >= 4 is 23.3 Å². The van der Waals surface area contributed by atoms with Crippen molar-refractivity contribution in [1.82, 2.24) is 15.1 Å². The Morgan fingerprint density at radius 2 is 1.86 bits per heavy atom. The normalized spacial score (nSPS) is 23.3. The molecule has 7 nitrogen and oxygen atoms in total. The van der Waals surface area contributed by atoms with Crippen LogP contribution in [0, 0.1) is 11.8 Å². The van der Waals surface area contributed by atoms with Crippen LogP contribution in [0.5, 0.6) is 0 Å². The lowest BCUT2D eigenvalue weighted by molar-refractivity contribution is -0.143. The standard InChI is InChI=1S/C21H24N4O3/c26-18-13-17(14-5-2-1-3-6-14)24-21(28)19(18)20(27)23-15-7-9-16(10-8-15)25-12-4-11-22-25/h4,7-12,14,17,19H,1-3,5-6,13H2,(H,23,27)(H,24,28). The molecule has 28 heavy (non-hydrogen) atoms. The predicted octanol–water partition coefficient (Wildman–Crippen LogP) is 2.46. The van der Waals surface area contributed by atoms with Crippen LogP contribution in [0.15, 0.2) is 42.7 Å². The van der Waals surface area contributed by atoms with Gasteiger partial charge in [-0.1, -0.05) is 19.3 Å². The fourth-order valence-electron chi connectivity index (χ4n) is 4.22. The molecule has 1 saturated carbocycles. The Labute approximate surface area is 163 Å². The molecule has 1 aliphatic carbocycles. The number of carbonyl (C=O) groups is 3. The van der Waals surface area contributed by atoms with E-state index >= 15 is 0 Å². The summed E-state index contributed by atoms with van der Waals surface area (Å²) in [4.78, 5) is 37.6. The van der Waals surface area contributed by atoms with Gasteiger partial charge in [0.1, 0.15) is 0 Å². The molecule has 2 fully saturated rings. The minimum atomic E-state index is -1.27. The number of hydrogen-bond acceptors (Lipinski definition) is 4. The van der Waals surface area contributed by atoms with Crippen LogP contribution < -0.4 is 10.6 Å². The van der Waals surface area contributed by atoms with E-state index in [0.717, 1.165) is 31.4 Å². The second-order valence-electron chi connectivity index (χ2n) is 7.60. The molecule has 0 bridgehead atoms. The molecule has 0 radical (unpaired) electrons. The van der Waals surface area contributed by atoms with E-state index in [9.17, 15) is 14.4 Å². The Balaban J connectivity index is 1.39. The monoisotopic (exact) mass is 380 g/mol. The highest BCUT2D eigenvalue weighted by atomic mass is 16.2. The molecule has 2 aromatic rings. The molecule has 1 saturated heterocycles.